The highest BCUT2D eigenvalue weighted by Gasteiger charge is 2.27. The number of carbonyl (C=O) groups excluding carboxylic acids is 1. The Kier molecular flexibility index (Phi) is 3.87. The van der Waals surface area contributed by atoms with E-state index in [-0.39, 0.29) is 17.7 Å². The van der Waals surface area contributed by atoms with Crippen LogP contribution in [0.4, 0.5) is 0 Å². The number of nitrogens with zero attached hydrogens (tertiary/aromatic N) is 2. The van der Waals surface area contributed by atoms with Gasteiger partial charge in [-0.1, -0.05) is 12.1 Å². The van der Waals surface area contributed by atoms with Gasteiger partial charge in [0, 0.05) is 35.5 Å². The number of benzene rings is 1. The Hall–Kier alpha value is -2.89. The van der Waals surface area contributed by atoms with Crippen LogP contribution in [0.15, 0.2) is 36.4 Å². The van der Waals surface area contributed by atoms with Crippen molar-refractivity contribution >= 4 is 16.9 Å². The summed E-state index contributed by atoms with van der Waals surface area (Å²) in [6.45, 7) is 1.56. The van der Waals surface area contributed by atoms with E-state index in [4.69, 9.17) is 0 Å². The first-order chi connectivity index (χ1) is 12.1. The zero-order chi connectivity index (χ0) is 17.4. The first kappa shape index (κ1) is 15.6. The van der Waals surface area contributed by atoms with Crippen LogP contribution in [-0.4, -0.2) is 32.2 Å². The number of nitrogens with one attached hydrogen (secondary N) is 2. The number of hydrogen-bond donors (Lipinski definition) is 3. The number of carbonyl (C=O) groups is 1. The fourth-order valence-electron chi connectivity index (χ4n) is 3.68. The third-order valence-corrected chi connectivity index (χ3v) is 4.86. The molecule has 1 fully saturated rings. The highest BCUT2D eigenvalue weighted by atomic mass is 16.3. The summed E-state index contributed by atoms with van der Waals surface area (Å²) in [6, 6.07) is 11.4. The van der Waals surface area contributed by atoms with Gasteiger partial charge >= 0.3 is 0 Å². The number of aromatic nitrogens is 3. The Morgan fingerprint density at radius 1 is 1.24 bits per heavy atom. The number of fused-ring (bicyclic) bond motifs is 1. The van der Waals surface area contributed by atoms with Gasteiger partial charge in [-0.2, -0.15) is 0 Å². The van der Waals surface area contributed by atoms with Crippen molar-refractivity contribution in [2.75, 3.05) is 0 Å². The van der Waals surface area contributed by atoms with Gasteiger partial charge < -0.3 is 15.4 Å². The lowest BCUT2D eigenvalue weighted by Gasteiger charge is -2.10. The van der Waals surface area contributed by atoms with Crippen molar-refractivity contribution in [3.8, 4) is 17.0 Å². The van der Waals surface area contributed by atoms with Crippen LogP contribution in [0.3, 0.4) is 0 Å². The van der Waals surface area contributed by atoms with Crippen molar-refractivity contribution in [3.05, 3.63) is 42.1 Å². The smallest absolute Gasteiger partial charge is 0.217 e. The molecule has 128 valence electrons. The molecule has 25 heavy (non-hydrogen) atoms. The van der Waals surface area contributed by atoms with Crippen molar-refractivity contribution in [2.24, 2.45) is 0 Å². The van der Waals surface area contributed by atoms with Gasteiger partial charge in [0.15, 0.2) is 5.65 Å². The molecule has 2 aromatic heterocycles. The summed E-state index contributed by atoms with van der Waals surface area (Å²) < 4.78 is 0. The van der Waals surface area contributed by atoms with Crippen LogP contribution >= 0.6 is 0 Å². The van der Waals surface area contributed by atoms with E-state index in [0.29, 0.717) is 17.2 Å². The van der Waals surface area contributed by atoms with E-state index in [9.17, 15) is 9.90 Å². The Balaban J connectivity index is 1.61. The van der Waals surface area contributed by atoms with Crippen LogP contribution in [0.1, 0.15) is 37.8 Å². The molecule has 0 spiro atoms. The molecule has 0 saturated heterocycles. The maximum Gasteiger partial charge on any atom is 0.217 e. The average Bonchev–Trinajstić information content (AvgIpc) is 3.20. The topological polar surface area (TPSA) is 90.9 Å². The third kappa shape index (κ3) is 3.07. The number of hydrogen-bond acceptors (Lipinski definition) is 4. The number of aromatic amines is 1. The quantitative estimate of drug-likeness (QED) is 0.685. The van der Waals surface area contributed by atoms with Crippen molar-refractivity contribution in [3.63, 3.8) is 0 Å². The minimum absolute atomic E-state index is 0.0282. The van der Waals surface area contributed by atoms with Gasteiger partial charge in [0.2, 0.25) is 5.91 Å². The largest absolute Gasteiger partial charge is 0.507 e. The van der Waals surface area contributed by atoms with E-state index in [1.807, 2.05) is 18.2 Å². The molecule has 1 saturated carbocycles. The Bertz CT molecular complexity index is 934. The van der Waals surface area contributed by atoms with Gasteiger partial charge in [-0.15, -0.1) is 10.2 Å². The van der Waals surface area contributed by atoms with E-state index in [1.165, 1.54) is 0 Å². The van der Waals surface area contributed by atoms with Gasteiger partial charge in [0.05, 0.1) is 5.69 Å². The maximum atomic E-state index is 11.2. The van der Waals surface area contributed by atoms with Gasteiger partial charge in [-0.25, -0.2) is 0 Å². The molecule has 3 N–H and O–H groups in total. The molecule has 2 heterocycles. The van der Waals surface area contributed by atoms with Crippen LogP contribution in [-0.2, 0) is 4.79 Å². The van der Waals surface area contributed by atoms with Crippen molar-refractivity contribution < 1.29 is 9.90 Å². The van der Waals surface area contributed by atoms with Crippen molar-refractivity contribution in [2.45, 2.75) is 38.1 Å². The summed E-state index contributed by atoms with van der Waals surface area (Å²) in [4.78, 5) is 14.6. The summed E-state index contributed by atoms with van der Waals surface area (Å²) >= 11 is 0. The molecule has 1 unspecified atom stereocenters. The Labute approximate surface area is 145 Å². The zero-order valence-corrected chi connectivity index (χ0v) is 14.0. The molecular formula is C19H20N4O2. The number of phenols is 1. The van der Waals surface area contributed by atoms with E-state index in [0.717, 1.165) is 36.0 Å². The second-order valence-electron chi connectivity index (χ2n) is 6.68. The highest BCUT2D eigenvalue weighted by molar-refractivity contribution is 5.81. The Morgan fingerprint density at radius 2 is 2.08 bits per heavy atom. The molecule has 6 nitrogen and oxygen atoms in total. The number of para-hydroxylation sites is 1. The first-order valence-electron chi connectivity index (χ1n) is 8.52. The summed E-state index contributed by atoms with van der Waals surface area (Å²) in [5.74, 6) is 0.612. The second-order valence-corrected chi connectivity index (χ2v) is 6.68. The fraction of sp³-hybridized carbons (Fsp3) is 0.316. The first-order valence-corrected chi connectivity index (χ1v) is 8.52. The van der Waals surface area contributed by atoms with Crippen LogP contribution in [0, 0.1) is 0 Å². The molecule has 0 aliphatic heterocycles. The van der Waals surface area contributed by atoms with E-state index < -0.39 is 0 Å². The van der Waals surface area contributed by atoms with Gasteiger partial charge in [0.25, 0.3) is 0 Å². The highest BCUT2D eigenvalue weighted by Crippen LogP contribution is 2.36. The molecule has 0 radical (unpaired) electrons. The number of aromatic hydroxyl groups is 1. The van der Waals surface area contributed by atoms with Gasteiger partial charge in [-0.3, -0.25) is 4.79 Å². The molecule has 1 amide bonds. The second kappa shape index (κ2) is 6.20. The lowest BCUT2D eigenvalue weighted by molar-refractivity contribution is -0.119. The molecule has 1 aliphatic carbocycles. The van der Waals surface area contributed by atoms with Gasteiger partial charge in [-0.05, 0) is 43.5 Å². The van der Waals surface area contributed by atoms with Crippen LogP contribution in [0.2, 0.25) is 0 Å². The minimum atomic E-state index is 0.0282. The normalized spacial score (nSPS) is 20.0. The molecule has 1 aliphatic rings. The molecule has 1 aromatic carbocycles. The SMILES string of the molecule is CC(=O)N[C@@H]1CCC(c2cc3cc(-c4ccccc4O)nnc3[nH]2)C1. The third-order valence-electron chi connectivity index (χ3n) is 4.86. The van der Waals surface area contributed by atoms with Gasteiger partial charge in [0.1, 0.15) is 5.75 Å². The summed E-state index contributed by atoms with van der Waals surface area (Å²) in [7, 11) is 0. The number of phenolic OH excluding ortho intramolecular Hbond substituents is 1. The molecule has 2 atom stereocenters. The van der Waals surface area contributed by atoms with Crippen LogP contribution < -0.4 is 5.32 Å². The molecular weight excluding hydrogens is 316 g/mol. The van der Waals surface area contributed by atoms with Crippen molar-refractivity contribution in [1.82, 2.24) is 20.5 Å². The minimum Gasteiger partial charge on any atom is -0.507 e. The monoisotopic (exact) mass is 336 g/mol. The lowest BCUT2D eigenvalue weighted by atomic mass is 10.0. The van der Waals surface area contributed by atoms with E-state index in [2.05, 4.69) is 26.6 Å². The Morgan fingerprint density at radius 3 is 2.88 bits per heavy atom. The van der Waals surface area contributed by atoms with E-state index in [1.54, 1.807) is 19.1 Å². The lowest BCUT2D eigenvalue weighted by Crippen LogP contribution is -2.30. The predicted octanol–water partition coefficient (Wildman–Crippen LogP) is 3.10. The van der Waals surface area contributed by atoms with E-state index >= 15 is 0 Å². The fourth-order valence-corrected chi connectivity index (χ4v) is 3.68. The summed E-state index contributed by atoms with van der Waals surface area (Å²) in [6.07, 6.45) is 2.97. The van der Waals surface area contributed by atoms with Crippen LogP contribution in [0.25, 0.3) is 22.3 Å². The standard InChI is InChI=1S/C19H20N4O2/c1-11(24)20-14-7-6-12(8-14)16-9-13-10-17(22-23-19(13)21-16)15-4-2-3-5-18(15)25/h2-5,9-10,12,14,25H,6-8H2,1H3,(H,20,24)(H,21,23)/t12?,14-/m1/s1. The maximum absolute atomic E-state index is 11.2. The molecule has 3 aromatic rings. The zero-order valence-electron chi connectivity index (χ0n) is 14.0. The molecule has 6 heteroatoms. The molecule has 0 bridgehead atoms. The number of H-pyrrole nitrogens is 1. The average molecular weight is 336 g/mol. The number of amides is 1. The number of rotatable bonds is 3. The summed E-state index contributed by atoms with van der Waals surface area (Å²) in [5, 5.41) is 22.5. The summed E-state index contributed by atoms with van der Waals surface area (Å²) in [5.41, 5.74) is 3.20. The van der Waals surface area contributed by atoms with Crippen molar-refractivity contribution in [1.29, 1.82) is 0 Å². The predicted molar refractivity (Wildman–Crippen MR) is 95.2 cm³/mol. The molecule has 4 rings (SSSR count). The van der Waals surface area contributed by atoms with Crippen LogP contribution in [0.5, 0.6) is 5.75 Å².